The van der Waals surface area contributed by atoms with Crippen LogP contribution in [0.3, 0.4) is 0 Å². The molecule has 3 heteroatoms. The van der Waals surface area contributed by atoms with Crippen molar-refractivity contribution >= 4 is 11.8 Å². The van der Waals surface area contributed by atoms with Crippen LogP contribution in [0.5, 0.6) is 0 Å². The summed E-state index contributed by atoms with van der Waals surface area (Å²) in [6, 6.07) is 0.793. The lowest BCUT2D eigenvalue weighted by Crippen LogP contribution is -2.51. The van der Waals surface area contributed by atoms with Crippen LogP contribution in [-0.4, -0.2) is 48.6 Å². The number of piperidine rings is 1. The summed E-state index contributed by atoms with van der Waals surface area (Å²) in [5.41, 5.74) is 0.507. The highest BCUT2D eigenvalue weighted by atomic mass is 32.2. The molecular weight excluding hydrogens is 252 g/mol. The Kier molecular flexibility index (Phi) is 6.04. The molecule has 0 radical (unpaired) electrons. The smallest absolute Gasteiger partial charge is 0.0237 e. The summed E-state index contributed by atoms with van der Waals surface area (Å²) >= 11 is 2.17. The van der Waals surface area contributed by atoms with E-state index in [0.29, 0.717) is 5.41 Å². The molecule has 2 heterocycles. The van der Waals surface area contributed by atoms with E-state index in [9.17, 15) is 0 Å². The first-order valence-corrected chi connectivity index (χ1v) is 9.31. The molecule has 2 saturated heterocycles. The molecule has 19 heavy (non-hydrogen) atoms. The minimum atomic E-state index is 0.507. The predicted octanol–water partition coefficient (Wildman–Crippen LogP) is 3.23. The van der Waals surface area contributed by atoms with Gasteiger partial charge in [-0.3, -0.25) is 4.90 Å². The van der Waals surface area contributed by atoms with E-state index in [-0.39, 0.29) is 0 Å². The molecular formula is C16H32N2S. The van der Waals surface area contributed by atoms with Crippen molar-refractivity contribution < 1.29 is 0 Å². The molecule has 1 N–H and O–H groups in total. The lowest BCUT2D eigenvalue weighted by Gasteiger charge is -2.46. The van der Waals surface area contributed by atoms with Gasteiger partial charge in [-0.15, -0.1) is 0 Å². The molecule has 2 fully saturated rings. The molecule has 2 rings (SSSR count). The van der Waals surface area contributed by atoms with Crippen molar-refractivity contribution in [3.8, 4) is 0 Å². The van der Waals surface area contributed by atoms with Gasteiger partial charge < -0.3 is 5.32 Å². The Morgan fingerprint density at radius 2 is 2.00 bits per heavy atom. The summed E-state index contributed by atoms with van der Waals surface area (Å²) in [5, 5.41) is 3.49. The zero-order valence-corrected chi connectivity index (χ0v) is 13.9. The highest BCUT2D eigenvalue weighted by Crippen LogP contribution is 2.38. The average molecular weight is 285 g/mol. The van der Waals surface area contributed by atoms with Crippen LogP contribution in [-0.2, 0) is 0 Å². The van der Waals surface area contributed by atoms with Crippen LogP contribution in [0.15, 0.2) is 0 Å². The van der Waals surface area contributed by atoms with Gasteiger partial charge in [-0.25, -0.2) is 0 Å². The third kappa shape index (κ3) is 4.37. The fraction of sp³-hybridized carbons (Fsp3) is 1.00. The third-order valence-corrected chi connectivity index (χ3v) is 6.02. The van der Waals surface area contributed by atoms with Crippen molar-refractivity contribution in [2.24, 2.45) is 11.3 Å². The number of thioether (sulfide) groups is 1. The predicted molar refractivity (Wildman–Crippen MR) is 87.0 cm³/mol. The van der Waals surface area contributed by atoms with E-state index in [1.165, 1.54) is 63.4 Å². The Bertz CT molecular complexity index is 261. The number of hydrogen-bond acceptors (Lipinski definition) is 3. The maximum atomic E-state index is 3.49. The maximum absolute atomic E-state index is 3.49. The van der Waals surface area contributed by atoms with Crippen molar-refractivity contribution in [1.82, 2.24) is 10.2 Å². The zero-order chi connectivity index (χ0) is 13.7. The van der Waals surface area contributed by atoms with Crippen LogP contribution in [0.4, 0.5) is 0 Å². The summed E-state index contributed by atoms with van der Waals surface area (Å²) in [4.78, 5) is 2.84. The lowest BCUT2D eigenvalue weighted by molar-refractivity contribution is 0.0759. The van der Waals surface area contributed by atoms with Crippen LogP contribution < -0.4 is 5.32 Å². The van der Waals surface area contributed by atoms with Gasteiger partial charge >= 0.3 is 0 Å². The molecule has 0 aromatic carbocycles. The summed E-state index contributed by atoms with van der Waals surface area (Å²) in [6.45, 7) is 12.4. The number of nitrogens with one attached hydrogen (secondary N) is 1. The van der Waals surface area contributed by atoms with Gasteiger partial charge in [0.05, 0.1) is 0 Å². The highest BCUT2D eigenvalue weighted by Gasteiger charge is 2.37. The number of hydrogen-bond donors (Lipinski definition) is 1. The molecule has 0 aromatic rings. The molecule has 0 bridgehead atoms. The topological polar surface area (TPSA) is 15.3 Å². The first-order valence-electron chi connectivity index (χ1n) is 8.16. The van der Waals surface area contributed by atoms with Gasteiger partial charge in [0.2, 0.25) is 0 Å². The largest absolute Gasteiger partial charge is 0.317 e. The van der Waals surface area contributed by atoms with E-state index in [2.05, 4.69) is 42.7 Å². The fourth-order valence-electron chi connectivity index (χ4n) is 3.58. The molecule has 0 spiro atoms. The molecule has 2 aliphatic rings. The maximum Gasteiger partial charge on any atom is 0.0237 e. The second-order valence-corrected chi connectivity index (χ2v) is 8.17. The van der Waals surface area contributed by atoms with E-state index >= 15 is 0 Å². The second-order valence-electron chi connectivity index (χ2n) is 7.02. The molecule has 0 amide bonds. The van der Waals surface area contributed by atoms with Gasteiger partial charge in [0.1, 0.15) is 0 Å². The Morgan fingerprint density at radius 1 is 1.26 bits per heavy atom. The third-order valence-electron chi connectivity index (χ3n) is 4.97. The van der Waals surface area contributed by atoms with E-state index in [1.54, 1.807) is 0 Å². The Hall–Kier alpha value is 0.270. The fourth-order valence-corrected chi connectivity index (χ4v) is 5.30. The van der Waals surface area contributed by atoms with E-state index < -0.39 is 0 Å². The summed E-state index contributed by atoms with van der Waals surface area (Å²) in [6.07, 6.45) is 5.43. The standard InChI is InChI=1S/C16H32N2S/c1-4-10-18(12-14-5-8-17-9-6-14)15-13-19-11-7-16(15,2)3/h14-15,17H,4-13H2,1-3H3. The van der Waals surface area contributed by atoms with Gasteiger partial charge in [0.15, 0.2) is 0 Å². The van der Waals surface area contributed by atoms with Crippen LogP contribution >= 0.6 is 11.8 Å². The van der Waals surface area contributed by atoms with Crippen molar-refractivity contribution in [3.05, 3.63) is 0 Å². The molecule has 0 aromatic heterocycles. The van der Waals surface area contributed by atoms with E-state index in [1.807, 2.05) is 0 Å². The minimum absolute atomic E-state index is 0.507. The monoisotopic (exact) mass is 284 g/mol. The quantitative estimate of drug-likeness (QED) is 0.834. The van der Waals surface area contributed by atoms with Gasteiger partial charge in [0, 0.05) is 18.3 Å². The summed E-state index contributed by atoms with van der Waals surface area (Å²) in [7, 11) is 0. The van der Waals surface area contributed by atoms with Crippen LogP contribution in [0, 0.1) is 11.3 Å². The van der Waals surface area contributed by atoms with Crippen molar-refractivity contribution in [2.45, 2.75) is 52.5 Å². The molecule has 2 nitrogen and oxygen atoms in total. The van der Waals surface area contributed by atoms with Crippen molar-refractivity contribution in [3.63, 3.8) is 0 Å². The van der Waals surface area contributed by atoms with Crippen LogP contribution in [0.25, 0.3) is 0 Å². The Labute approximate surface area is 124 Å². The molecule has 1 atom stereocenters. The van der Waals surface area contributed by atoms with E-state index in [4.69, 9.17) is 0 Å². The van der Waals surface area contributed by atoms with Crippen molar-refractivity contribution in [2.75, 3.05) is 37.7 Å². The van der Waals surface area contributed by atoms with Gasteiger partial charge in [-0.05, 0) is 62.4 Å². The van der Waals surface area contributed by atoms with Crippen LogP contribution in [0.1, 0.15) is 46.5 Å². The molecule has 0 aliphatic carbocycles. The summed E-state index contributed by atoms with van der Waals surface area (Å²) < 4.78 is 0. The minimum Gasteiger partial charge on any atom is -0.317 e. The average Bonchev–Trinajstić information content (AvgIpc) is 2.39. The highest BCUT2D eigenvalue weighted by molar-refractivity contribution is 7.99. The zero-order valence-electron chi connectivity index (χ0n) is 13.1. The Morgan fingerprint density at radius 3 is 2.63 bits per heavy atom. The molecule has 112 valence electrons. The van der Waals surface area contributed by atoms with E-state index in [0.717, 1.165) is 12.0 Å². The molecule has 2 aliphatic heterocycles. The van der Waals surface area contributed by atoms with Gasteiger partial charge in [-0.1, -0.05) is 20.8 Å². The number of nitrogens with zero attached hydrogens (tertiary/aromatic N) is 1. The Balaban J connectivity index is 1.96. The molecule has 0 saturated carbocycles. The van der Waals surface area contributed by atoms with Gasteiger partial charge in [-0.2, -0.15) is 11.8 Å². The first-order chi connectivity index (χ1) is 9.13. The number of rotatable bonds is 5. The van der Waals surface area contributed by atoms with Crippen LogP contribution in [0.2, 0.25) is 0 Å². The second kappa shape index (κ2) is 7.33. The summed E-state index contributed by atoms with van der Waals surface area (Å²) in [5.74, 6) is 3.63. The normalized spacial score (nSPS) is 28.7. The van der Waals surface area contributed by atoms with Crippen molar-refractivity contribution in [1.29, 1.82) is 0 Å². The SMILES string of the molecule is CCCN(CC1CCNCC1)C1CSCCC1(C)C. The van der Waals surface area contributed by atoms with Gasteiger partial charge in [0.25, 0.3) is 0 Å². The lowest BCUT2D eigenvalue weighted by atomic mass is 9.80. The first kappa shape index (κ1) is 15.7. The molecule has 1 unspecified atom stereocenters.